The zero-order valence-electron chi connectivity index (χ0n) is 9.94. The fourth-order valence-electron chi connectivity index (χ4n) is 1.78. The maximum atomic E-state index is 12.2. The highest BCUT2D eigenvalue weighted by atomic mass is 32.2. The first-order valence-electron chi connectivity index (χ1n) is 5.61. The van der Waals surface area contributed by atoms with Gasteiger partial charge in [0.2, 0.25) is 0 Å². The molecule has 98 valence electrons. The number of aromatic nitrogens is 1. The van der Waals surface area contributed by atoms with Crippen molar-refractivity contribution < 1.29 is 14.7 Å². The van der Waals surface area contributed by atoms with Gasteiger partial charge in [-0.25, -0.2) is 9.78 Å². The lowest BCUT2D eigenvalue weighted by Crippen LogP contribution is -2.50. The Morgan fingerprint density at radius 2 is 2.32 bits per heavy atom. The number of pyridine rings is 1. The zero-order chi connectivity index (χ0) is 13.8. The minimum atomic E-state index is -1.01. The molecule has 1 aliphatic heterocycles. The quantitative estimate of drug-likeness (QED) is 0.850. The molecule has 0 saturated carbocycles. The van der Waals surface area contributed by atoms with Crippen molar-refractivity contribution in [1.29, 1.82) is 5.26 Å². The molecule has 0 radical (unpaired) electrons. The number of carbonyl (C=O) groups excluding carboxylic acids is 1. The summed E-state index contributed by atoms with van der Waals surface area (Å²) in [7, 11) is 0. The van der Waals surface area contributed by atoms with Gasteiger partial charge in [-0.05, 0) is 12.1 Å². The molecule has 1 fully saturated rings. The SMILES string of the molecule is N#Cc1ccc(C(=O)N2CCSCC2C(=O)O)nc1. The maximum Gasteiger partial charge on any atom is 0.327 e. The summed E-state index contributed by atoms with van der Waals surface area (Å²) in [5.74, 6) is -0.310. The molecular formula is C12H11N3O3S. The highest BCUT2D eigenvalue weighted by Gasteiger charge is 2.33. The molecule has 1 saturated heterocycles. The summed E-state index contributed by atoms with van der Waals surface area (Å²) in [6.07, 6.45) is 1.31. The number of rotatable bonds is 2. The highest BCUT2D eigenvalue weighted by molar-refractivity contribution is 7.99. The summed E-state index contributed by atoms with van der Waals surface area (Å²) in [5, 5.41) is 17.8. The second-order valence-electron chi connectivity index (χ2n) is 3.97. The first kappa shape index (κ1) is 13.4. The number of hydrogen-bond acceptors (Lipinski definition) is 5. The molecule has 6 nitrogen and oxygen atoms in total. The summed E-state index contributed by atoms with van der Waals surface area (Å²) in [6, 6.07) is 4.04. The molecule has 1 unspecified atom stereocenters. The van der Waals surface area contributed by atoms with Crippen LogP contribution in [0.3, 0.4) is 0 Å². The van der Waals surface area contributed by atoms with E-state index < -0.39 is 17.9 Å². The Labute approximate surface area is 114 Å². The standard InChI is InChI=1S/C12H11N3O3S/c13-5-8-1-2-9(14-6-8)11(16)15-3-4-19-7-10(15)12(17)18/h1-2,6,10H,3-4,7H2,(H,17,18). The molecule has 1 aliphatic rings. The van der Waals surface area contributed by atoms with E-state index in [1.54, 1.807) is 0 Å². The Balaban J connectivity index is 2.21. The first-order chi connectivity index (χ1) is 9.13. The van der Waals surface area contributed by atoms with E-state index >= 15 is 0 Å². The predicted octanol–water partition coefficient (Wildman–Crippen LogP) is 0.595. The minimum Gasteiger partial charge on any atom is -0.480 e. The van der Waals surface area contributed by atoms with Gasteiger partial charge in [-0.2, -0.15) is 17.0 Å². The molecule has 1 aromatic heterocycles. The van der Waals surface area contributed by atoms with E-state index in [0.717, 1.165) is 0 Å². The van der Waals surface area contributed by atoms with Gasteiger partial charge >= 0.3 is 5.97 Å². The van der Waals surface area contributed by atoms with Crippen LogP contribution < -0.4 is 0 Å². The van der Waals surface area contributed by atoms with E-state index in [0.29, 0.717) is 23.6 Å². The van der Waals surface area contributed by atoms with Crippen molar-refractivity contribution in [3.8, 4) is 6.07 Å². The fourth-order valence-corrected chi connectivity index (χ4v) is 2.82. The zero-order valence-corrected chi connectivity index (χ0v) is 10.8. The molecular weight excluding hydrogens is 266 g/mol. The number of aliphatic carboxylic acids is 1. The van der Waals surface area contributed by atoms with E-state index in [1.807, 2.05) is 6.07 Å². The van der Waals surface area contributed by atoms with Crippen LogP contribution in [0.2, 0.25) is 0 Å². The van der Waals surface area contributed by atoms with Crippen molar-refractivity contribution in [2.75, 3.05) is 18.1 Å². The number of carboxylic acid groups (broad SMARTS) is 1. The first-order valence-corrected chi connectivity index (χ1v) is 6.76. The molecule has 0 aromatic carbocycles. The summed E-state index contributed by atoms with van der Waals surface area (Å²) in [6.45, 7) is 0.391. The number of amides is 1. The van der Waals surface area contributed by atoms with Crippen molar-refractivity contribution in [3.63, 3.8) is 0 Å². The molecule has 0 aliphatic carbocycles. The lowest BCUT2D eigenvalue weighted by Gasteiger charge is -2.32. The van der Waals surface area contributed by atoms with Crippen LogP contribution in [0.1, 0.15) is 16.1 Å². The second kappa shape index (κ2) is 5.71. The normalized spacial score (nSPS) is 18.7. The van der Waals surface area contributed by atoms with Crippen LogP contribution >= 0.6 is 11.8 Å². The van der Waals surface area contributed by atoms with Crippen molar-refractivity contribution in [2.45, 2.75) is 6.04 Å². The smallest absolute Gasteiger partial charge is 0.327 e. The third kappa shape index (κ3) is 2.85. The van der Waals surface area contributed by atoms with Crippen LogP contribution in [-0.4, -0.2) is 51.0 Å². The predicted molar refractivity (Wildman–Crippen MR) is 68.7 cm³/mol. The highest BCUT2D eigenvalue weighted by Crippen LogP contribution is 2.18. The molecule has 2 heterocycles. The van der Waals surface area contributed by atoms with E-state index in [9.17, 15) is 9.59 Å². The van der Waals surface area contributed by atoms with Crippen LogP contribution in [0.15, 0.2) is 18.3 Å². The number of thioether (sulfide) groups is 1. The molecule has 0 bridgehead atoms. The van der Waals surface area contributed by atoms with Gasteiger partial charge in [0.1, 0.15) is 17.8 Å². The molecule has 2 rings (SSSR count). The molecule has 1 atom stereocenters. The monoisotopic (exact) mass is 277 g/mol. The number of carboxylic acids is 1. The minimum absolute atomic E-state index is 0.164. The van der Waals surface area contributed by atoms with Crippen molar-refractivity contribution >= 4 is 23.6 Å². The summed E-state index contributed by atoms with van der Waals surface area (Å²) in [4.78, 5) is 28.6. The van der Waals surface area contributed by atoms with Gasteiger partial charge in [0, 0.05) is 24.2 Å². The van der Waals surface area contributed by atoms with E-state index in [4.69, 9.17) is 10.4 Å². The second-order valence-corrected chi connectivity index (χ2v) is 5.12. The van der Waals surface area contributed by atoms with Crippen LogP contribution in [0.4, 0.5) is 0 Å². The van der Waals surface area contributed by atoms with Gasteiger partial charge in [0.25, 0.3) is 5.91 Å². The van der Waals surface area contributed by atoms with Crippen LogP contribution in [-0.2, 0) is 4.79 Å². The number of hydrogen-bond donors (Lipinski definition) is 1. The maximum absolute atomic E-state index is 12.2. The van der Waals surface area contributed by atoms with Crippen molar-refractivity contribution in [2.24, 2.45) is 0 Å². The van der Waals surface area contributed by atoms with E-state index in [1.165, 1.54) is 35.0 Å². The summed E-state index contributed by atoms with van der Waals surface area (Å²) in [5.41, 5.74) is 0.526. The van der Waals surface area contributed by atoms with Crippen LogP contribution in [0.25, 0.3) is 0 Å². The molecule has 19 heavy (non-hydrogen) atoms. The molecule has 1 aromatic rings. The van der Waals surface area contributed by atoms with Gasteiger partial charge < -0.3 is 10.0 Å². The molecule has 7 heteroatoms. The number of carbonyl (C=O) groups is 2. The Hall–Kier alpha value is -2.07. The molecule has 0 spiro atoms. The van der Waals surface area contributed by atoms with Crippen molar-refractivity contribution in [3.05, 3.63) is 29.6 Å². The number of nitriles is 1. The van der Waals surface area contributed by atoms with Gasteiger partial charge in [0.05, 0.1) is 5.56 Å². The van der Waals surface area contributed by atoms with E-state index in [-0.39, 0.29) is 5.69 Å². The van der Waals surface area contributed by atoms with Gasteiger partial charge in [0.15, 0.2) is 0 Å². The topological polar surface area (TPSA) is 94.3 Å². The van der Waals surface area contributed by atoms with Crippen LogP contribution in [0, 0.1) is 11.3 Å². The summed E-state index contributed by atoms with van der Waals surface area (Å²) >= 11 is 1.52. The van der Waals surface area contributed by atoms with Gasteiger partial charge in [-0.1, -0.05) is 0 Å². The number of nitrogens with zero attached hydrogens (tertiary/aromatic N) is 3. The Bertz CT molecular complexity index is 538. The lowest BCUT2D eigenvalue weighted by atomic mass is 10.2. The lowest BCUT2D eigenvalue weighted by molar-refractivity contribution is -0.141. The van der Waals surface area contributed by atoms with Crippen molar-refractivity contribution in [1.82, 2.24) is 9.88 Å². The average Bonchev–Trinajstić information content (AvgIpc) is 2.46. The Morgan fingerprint density at radius 3 is 2.89 bits per heavy atom. The van der Waals surface area contributed by atoms with Crippen LogP contribution in [0.5, 0.6) is 0 Å². The Kier molecular flexibility index (Phi) is 4.02. The third-order valence-electron chi connectivity index (χ3n) is 2.79. The Morgan fingerprint density at radius 1 is 1.53 bits per heavy atom. The molecule has 1 N–H and O–H groups in total. The van der Waals surface area contributed by atoms with Gasteiger partial charge in [-0.3, -0.25) is 4.79 Å². The third-order valence-corrected chi connectivity index (χ3v) is 3.81. The molecule has 1 amide bonds. The fraction of sp³-hybridized carbons (Fsp3) is 0.333. The summed E-state index contributed by atoms with van der Waals surface area (Å²) < 4.78 is 0. The van der Waals surface area contributed by atoms with E-state index in [2.05, 4.69) is 4.98 Å². The largest absolute Gasteiger partial charge is 0.480 e. The van der Waals surface area contributed by atoms with Gasteiger partial charge in [-0.15, -0.1) is 0 Å². The average molecular weight is 277 g/mol.